The normalized spacial score (nSPS) is 15.6. The first-order chi connectivity index (χ1) is 13.7. The lowest BCUT2D eigenvalue weighted by Crippen LogP contribution is -2.33. The first-order valence-electron chi connectivity index (χ1n) is 9.37. The number of carbonyl (C=O) groups excluding carboxylic acids is 1. The monoisotopic (exact) mass is 428 g/mol. The highest BCUT2D eigenvalue weighted by molar-refractivity contribution is 8.07. The van der Waals surface area contributed by atoms with Crippen LogP contribution in [0.25, 0.3) is 0 Å². The molecule has 2 N–H and O–H groups in total. The molecule has 0 saturated heterocycles. The standard InChI is InChI=1S/C23H25ClN2O2S/c1-15-11-17(9-10-19(15)24)26-13-16(2)29-21(26)12-23(3,4)14-25-22(28)18-7-5-6-8-20(18)27/h5-13,27H,14H2,1-4H3,(H,25,28). The van der Waals surface area contributed by atoms with Gasteiger partial charge >= 0.3 is 0 Å². The van der Waals surface area contributed by atoms with Gasteiger partial charge in [-0.15, -0.1) is 0 Å². The molecular formula is C23H25ClN2O2S. The number of rotatable bonds is 5. The Labute approximate surface area is 181 Å². The van der Waals surface area contributed by atoms with Crippen molar-refractivity contribution in [2.45, 2.75) is 27.7 Å². The summed E-state index contributed by atoms with van der Waals surface area (Å²) in [5, 5.41) is 14.6. The molecule has 0 bridgehead atoms. The fraction of sp³-hybridized carbons (Fsp3) is 0.261. The third kappa shape index (κ3) is 5.17. The van der Waals surface area contributed by atoms with Crippen molar-refractivity contribution in [3.05, 3.63) is 80.8 Å². The van der Waals surface area contributed by atoms with Crippen molar-refractivity contribution in [1.29, 1.82) is 0 Å². The van der Waals surface area contributed by atoms with Gasteiger partial charge in [0, 0.05) is 33.8 Å². The highest BCUT2D eigenvalue weighted by Crippen LogP contribution is 2.41. The number of para-hydroxylation sites is 1. The molecule has 1 amide bonds. The van der Waals surface area contributed by atoms with Crippen molar-refractivity contribution in [3.63, 3.8) is 0 Å². The van der Waals surface area contributed by atoms with E-state index in [0.29, 0.717) is 6.54 Å². The number of hydrogen-bond donors (Lipinski definition) is 2. The molecule has 152 valence electrons. The maximum absolute atomic E-state index is 12.4. The van der Waals surface area contributed by atoms with Crippen LogP contribution in [-0.2, 0) is 0 Å². The second kappa shape index (κ2) is 8.56. The molecule has 1 aliphatic rings. The van der Waals surface area contributed by atoms with Crippen molar-refractivity contribution in [2.75, 3.05) is 11.4 Å². The Balaban J connectivity index is 1.76. The average Bonchev–Trinajstić information content (AvgIpc) is 3.02. The van der Waals surface area contributed by atoms with Crippen molar-refractivity contribution in [3.8, 4) is 5.75 Å². The largest absolute Gasteiger partial charge is 0.507 e. The van der Waals surface area contributed by atoms with Crippen LogP contribution in [0.3, 0.4) is 0 Å². The van der Waals surface area contributed by atoms with Gasteiger partial charge in [0.05, 0.1) is 10.6 Å². The third-order valence-electron chi connectivity index (χ3n) is 4.60. The lowest BCUT2D eigenvalue weighted by Gasteiger charge is -2.25. The highest BCUT2D eigenvalue weighted by Gasteiger charge is 2.25. The second-order valence-electron chi connectivity index (χ2n) is 7.82. The van der Waals surface area contributed by atoms with E-state index in [0.717, 1.165) is 21.3 Å². The van der Waals surface area contributed by atoms with E-state index in [1.54, 1.807) is 30.0 Å². The minimum absolute atomic E-state index is 0.0170. The Morgan fingerprint density at radius 2 is 1.97 bits per heavy atom. The van der Waals surface area contributed by atoms with Gasteiger partial charge in [-0.3, -0.25) is 4.79 Å². The molecule has 0 unspecified atom stereocenters. The predicted octanol–water partition coefficient (Wildman–Crippen LogP) is 6.07. The number of thioether (sulfide) groups is 1. The lowest BCUT2D eigenvalue weighted by atomic mass is 9.93. The van der Waals surface area contributed by atoms with E-state index in [1.807, 2.05) is 19.1 Å². The Morgan fingerprint density at radius 3 is 2.66 bits per heavy atom. The summed E-state index contributed by atoms with van der Waals surface area (Å²) in [7, 11) is 0. The Bertz CT molecular complexity index is 998. The Hall–Kier alpha value is -2.37. The number of phenols is 1. The number of phenolic OH excluding ortho intramolecular Hbond substituents is 1. The first-order valence-corrected chi connectivity index (χ1v) is 10.6. The van der Waals surface area contributed by atoms with Crippen LogP contribution in [-0.4, -0.2) is 17.6 Å². The molecule has 1 aliphatic heterocycles. The number of hydrogen-bond acceptors (Lipinski definition) is 4. The summed E-state index contributed by atoms with van der Waals surface area (Å²) >= 11 is 7.88. The molecule has 0 aromatic heterocycles. The second-order valence-corrected chi connectivity index (χ2v) is 9.49. The smallest absolute Gasteiger partial charge is 0.255 e. The zero-order chi connectivity index (χ0) is 21.2. The van der Waals surface area contributed by atoms with Gasteiger partial charge in [-0.25, -0.2) is 0 Å². The molecule has 0 fully saturated rings. The Morgan fingerprint density at radius 1 is 1.24 bits per heavy atom. The predicted molar refractivity (Wildman–Crippen MR) is 122 cm³/mol. The number of amides is 1. The molecule has 2 aromatic carbocycles. The summed E-state index contributed by atoms with van der Waals surface area (Å²) in [6.07, 6.45) is 4.27. The van der Waals surface area contributed by atoms with Crippen molar-refractivity contribution in [1.82, 2.24) is 5.32 Å². The number of benzene rings is 2. The summed E-state index contributed by atoms with van der Waals surface area (Å²) in [5.74, 6) is -0.301. The van der Waals surface area contributed by atoms with Gasteiger partial charge in [0.15, 0.2) is 0 Å². The summed E-state index contributed by atoms with van der Waals surface area (Å²) in [5.41, 5.74) is 2.07. The van der Waals surface area contributed by atoms with Crippen LogP contribution < -0.4 is 10.2 Å². The average molecular weight is 429 g/mol. The number of aryl methyl sites for hydroxylation is 1. The molecule has 0 radical (unpaired) electrons. The van der Waals surface area contributed by atoms with Gasteiger partial charge in [0.1, 0.15) is 5.75 Å². The summed E-state index contributed by atoms with van der Waals surface area (Å²) in [6.45, 7) is 8.66. The number of halogens is 1. The molecular weight excluding hydrogens is 404 g/mol. The number of carbonyl (C=O) groups is 1. The molecule has 4 nitrogen and oxygen atoms in total. The van der Waals surface area contributed by atoms with Crippen LogP contribution in [0, 0.1) is 12.3 Å². The molecule has 2 aromatic rings. The van der Waals surface area contributed by atoms with Gasteiger partial charge in [-0.2, -0.15) is 0 Å². The zero-order valence-corrected chi connectivity index (χ0v) is 18.6. The molecule has 1 heterocycles. The minimum atomic E-state index is -0.291. The number of nitrogens with zero attached hydrogens (tertiary/aromatic N) is 1. The summed E-state index contributed by atoms with van der Waals surface area (Å²) in [6, 6.07) is 12.5. The Kier molecular flexibility index (Phi) is 6.30. The third-order valence-corrected chi connectivity index (χ3v) is 5.98. The van der Waals surface area contributed by atoms with E-state index in [1.165, 1.54) is 11.0 Å². The van der Waals surface area contributed by atoms with Gasteiger partial charge in [0.25, 0.3) is 5.91 Å². The molecule has 0 aliphatic carbocycles. The number of anilines is 1. The number of allylic oxidation sites excluding steroid dienone is 1. The van der Waals surface area contributed by atoms with Gasteiger partial charge in [0.2, 0.25) is 0 Å². The van der Waals surface area contributed by atoms with E-state index in [-0.39, 0.29) is 22.6 Å². The fourth-order valence-corrected chi connectivity index (χ4v) is 4.26. The quantitative estimate of drug-likeness (QED) is 0.607. The molecule has 0 spiro atoms. The number of aromatic hydroxyl groups is 1. The van der Waals surface area contributed by atoms with E-state index in [4.69, 9.17) is 11.6 Å². The van der Waals surface area contributed by atoms with Crippen molar-refractivity contribution in [2.24, 2.45) is 5.41 Å². The van der Waals surface area contributed by atoms with Gasteiger partial charge < -0.3 is 15.3 Å². The molecule has 6 heteroatoms. The van der Waals surface area contributed by atoms with Crippen molar-refractivity contribution < 1.29 is 9.90 Å². The van der Waals surface area contributed by atoms with E-state index >= 15 is 0 Å². The SMILES string of the molecule is CC1=CN(c2ccc(Cl)c(C)c2)C(=CC(C)(C)CNC(=O)c2ccccc2O)S1. The van der Waals surface area contributed by atoms with Gasteiger partial charge in [-0.05, 0) is 55.8 Å². The molecule has 0 saturated carbocycles. The van der Waals surface area contributed by atoms with E-state index in [2.05, 4.69) is 49.3 Å². The highest BCUT2D eigenvalue weighted by atomic mass is 35.5. The maximum Gasteiger partial charge on any atom is 0.255 e. The van der Waals surface area contributed by atoms with Crippen LogP contribution in [0.15, 0.2) is 64.7 Å². The first kappa shape index (κ1) is 21.3. The van der Waals surface area contributed by atoms with Crippen LogP contribution in [0.1, 0.15) is 36.7 Å². The van der Waals surface area contributed by atoms with E-state index in [9.17, 15) is 9.90 Å². The molecule has 29 heavy (non-hydrogen) atoms. The fourth-order valence-electron chi connectivity index (χ4n) is 3.02. The summed E-state index contributed by atoms with van der Waals surface area (Å²) in [4.78, 5) is 15.8. The topological polar surface area (TPSA) is 52.6 Å². The van der Waals surface area contributed by atoms with Crippen LogP contribution in [0.5, 0.6) is 5.75 Å². The van der Waals surface area contributed by atoms with E-state index < -0.39 is 0 Å². The van der Waals surface area contributed by atoms with Crippen LogP contribution >= 0.6 is 23.4 Å². The minimum Gasteiger partial charge on any atom is -0.507 e. The number of nitrogens with one attached hydrogen (secondary N) is 1. The van der Waals surface area contributed by atoms with Crippen LogP contribution in [0.2, 0.25) is 5.02 Å². The van der Waals surface area contributed by atoms with Crippen molar-refractivity contribution >= 4 is 35.0 Å². The van der Waals surface area contributed by atoms with Gasteiger partial charge in [-0.1, -0.05) is 49.3 Å². The maximum atomic E-state index is 12.4. The van der Waals surface area contributed by atoms with Crippen LogP contribution in [0.4, 0.5) is 5.69 Å². The molecule has 0 atom stereocenters. The lowest BCUT2D eigenvalue weighted by molar-refractivity contribution is 0.0940. The summed E-state index contributed by atoms with van der Waals surface area (Å²) < 4.78 is 0. The molecule has 3 rings (SSSR count). The zero-order valence-electron chi connectivity index (χ0n) is 17.0.